The number of nitrogens with zero attached hydrogens (tertiary/aromatic N) is 3. The third kappa shape index (κ3) is 5.83. The van der Waals surface area contributed by atoms with Gasteiger partial charge in [0.25, 0.3) is 0 Å². The summed E-state index contributed by atoms with van der Waals surface area (Å²) in [6.45, 7) is 8.91. The first-order valence-corrected chi connectivity index (χ1v) is 11.2. The summed E-state index contributed by atoms with van der Waals surface area (Å²) in [6, 6.07) is 7.23. The van der Waals surface area contributed by atoms with Gasteiger partial charge in [0, 0.05) is 37.2 Å². The Morgan fingerprint density at radius 2 is 1.70 bits per heavy atom. The minimum absolute atomic E-state index is 0.248. The topological polar surface area (TPSA) is 70.2 Å². The van der Waals surface area contributed by atoms with Crippen LogP contribution in [0.25, 0.3) is 0 Å². The van der Waals surface area contributed by atoms with Gasteiger partial charge in [0.05, 0.1) is 5.69 Å². The van der Waals surface area contributed by atoms with Crippen LogP contribution in [0.5, 0.6) is 0 Å². The number of piperazine rings is 1. The van der Waals surface area contributed by atoms with Gasteiger partial charge in [0.1, 0.15) is 5.60 Å². The lowest BCUT2D eigenvalue weighted by atomic mass is 10.2. The summed E-state index contributed by atoms with van der Waals surface area (Å²) in [4.78, 5) is 13.7. The molecular formula is C18H28BrN3O4S. The highest BCUT2D eigenvalue weighted by Crippen LogP contribution is 2.24. The van der Waals surface area contributed by atoms with E-state index in [0.717, 1.165) is 4.47 Å². The van der Waals surface area contributed by atoms with Crippen molar-refractivity contribution in [1.82, 2.24) is 9.21 Å². The summed E-state index contributed by atoms with van der Waals surface area (Å²) < 4.78 is 35.5. The fourth-order valence-corrected chi connectivity index (χ4v) is 4.72. The minimum atomic E-state index is -3.66. The SMILES string of the molecule is CCCN(c1ccc(Br)cc1)S(=O)(=O)N1CCN(C(=O)OC(C)(C)C)CC1. The zero-order chi connectivity index (χ0) is 20.2. The number of hydrogen-bond donors (Lipinski definition) is 0. The highest BCUT2D eigenvalue weighted by Gasteiger charge is 2.34. The van der Waals surface area contributed by atoms with E-state index in [-0.39, 0.29) is 13.1 Å². The quantitative estimate of drug-likeness (QED) is 0.672. The monoisotopic (exact) mass is 461 g/mol. The predicted octanol–water partition coefficient (Wildman–Crippen LogP) is 3.46. The van der Waals surface area contributed by atoms with Crippen molar-refractivity contribution in [3.8, 4) is 0 Å². The first-order chi connectivity index (χ1) is 12.5. The number of benzene rings is 1. The number of halogens is 1. The second kappa shape index (κ2) is 8.79. The average molecular weight is 462 g/mol. The molecule has 1 fully saturated rings. The first kappa shape index (κ1) is 22.0. The Morgan fingerprint density at radius 3 is 2.19 bits per heavy atom. The van der Waals surface area contributed by atoms with Gasteiger partial charge < -0.3 is 9.64 Å². The second-order valence-electron chi connectivity index (χ2n) is 7.42. The molecule has 0 radical (unpaired) electrons. The van der Waals surface area contributed by atoms with E-state index >= 15 is 0 Å². The Bertz CT molecular complexity index is 739. The van der Waals surface area contributed by atoms with Gasteiger partial charge in [-0.15, -0.1) is 0 Å². The molecule has 1 aromatic rings. The molecule has 0 atom stereocenters. The van der Waals surface area contributed by atoms with Gasteiger partial charge in [-0.25, -0.2) is 4.79 Å². The van der Waals surface area contributed by atoms with E-state index in [1.165, 1.54) is 8.61 Å². The van der Waals surface area contributed by atoms with Crippen molar-refractivity contribution in [3.05, 3.63) is 28.7 Å². The predicted molar refractivity (Wildman–Crippen MR) is 110 cm³/mol. The molecule has 0 aliphatic carbocycles. The molecule has 9 heteroatoms. The smallest absolute Gasteiger partial charge is 0.410 e. The molecule has 1 aromatic carbocycles. The fourth-order valence-electron chi connectivity index (χ4n) is 2.76. The van der Waals surface area contributed by atoms with Gasteiger partial charge in [-0.3, -0.25) is 4.31 Å². The zero-order valence-electron chi connectivity index (χ0n) is 16.3. The van der Waals surface area contributed by atoms with Crippen LogP contribution in [0.4, 0.5) is 10.5 Å². The van der Waals surface area contributed by atoms with E-state index in [1.807, 2.05) is 39.8 Å². The molecule has 27 heavy (non-hydrogen) atoms. The van der Waals surface area contributed by atoms with E-state index in [4.69, 9.17) is 4.74 Å². The molecule has 0 spiro atoms. The van der Waals surface area contributed by atoms with Crippen molar-refractivity contribution < 1.29 is 17.9 Å². The highest BCUT2D eigenvalue weighted by atomic mass is 79.9. The average Bonchev–Trinajstić information content (AvgIpc) is 2.59. The molecule has 2 rings (SSSR count). The largest absolute Gasteiger partial charge is 0.444 e. The van der Waals surface area contributed by atoms with Crippen molar-refractivity contribution in [2.45, 2.75) is 39.7 Å². The van der Waals surface area contributed by atoms with Crippen LogP contribution in [0.2, 0.25) is 0 Å². The number of carbonyl (C=O) groups excluding carboxylic acids is 1. The molecule has 1 saturated heterocycles. The Kier molecular flexibility index (Phi) is 7.15. The van der Waals surface area contributed by atoms with Gasteiger partial charge >= 0.3 is 16.3 Å². The minimum Gasteiger partial charge on any atom is -0.444 e. The molecule has 152 valence electrons. The molecule has 1 heterocycles. The molecule has 0 N–H and O–H groups in total. The normalized spacial score (nSPS) is 16.3. The number of carbonyl (C=O) groups is 1. The maximum Gasteiger partial charge on any atom is 0.410 e. The van der Waals surface area contributed by atoms with Crippen molar-refractivity contribution in [3.63, 3.8) is 0 Å². The molecule has 0 aromatic heterocycles. The summed E-state index contributed by atoms with van der Waals surface area (Å²) in [5.41, 5.74) is 0.0643. The van der Waals surface area contributed by atoms with Crippen molar-refractivity contribution in [2.24, 2.45) is 0 Å². The molecule has 7 nitrogen and oxygen atoms in total. The van der Waals surface area contributed by atoms with Gasteiger partial charge in [0.15, 0.2) is 0 Å². The van der Waals surface area contributed by atoms with Gasteiger partial charge in [0.2, 0.25) is 0 Å². The first-order valence-electron chi connectivity index (χ1n) is 9.06. The Morgan fingerprint density at radius 1 is 1.15 bits per heavy atom. The van der Waals surface area contributed by atoms with Gasteiger partial charge in [-0.05, 0) is 51.5 Å². The van der Waals surface area contributed by atoms with Crippen LogP contribution in [-0.2, 0) is 14.9 Å². The third-order valence-electron chi connectivity index (χ3n) is 4.04. The van der Waals surface area contributed by atoms with Crippen LogP contribution < -0.4 is 4.31 Å². The Labute approximate surface area is 170 Å². The van der Waals surface area contributed by atoms with Crippen molar-refractivity contribution in [2.75, 3.05) is 37.0 Å². The molecule has 1 aliphatic heterocycles. The summed E-state index contributed by atoms with van der Waals surface area (Å²) >= 11 is 3.37. The summed E-state index contributed by atoms with van der Waals surface area (Å²) in [5.74, 6) is 0. The Balaban J connectivity index is 2.10. The van der Waals surface area contributed by atoms with Crippen LogP contribution in [0.1, 0.15) is 34.1 Å². The fraction of sp³-hybridized carbons (Fsp3) is 0.611. The lowest BCUT2D eigenvalue weighted by Crippen LogP contribution is -2.55. The van der Waals surface area contributed by atoms with Crippen LogP contribution in [0.3, 0.4) is 0 Å². The number of rotatable bonds is 5. The van der Waals surface area contributed by atoms with E-state index in [1.54, 1.807) is 17.0 Å². The van der Waals surface area contributed by atoms with Crippen molar-refractivity contribution >= 4 is 37.9 Å². The van der Waals surface area contributed by atoms with Crippen LogP contribution >= 0.6 is 15.9 Å². The van der Waals surface area contributed by atoms with Crippen LogP contribution in [-0.4, -0.2) is 62.0 Å². The molecule has 1 amide bonds. The lowest BCUT2D eigenvalue weighted by molar-refractivity contribution is 0.0192. The molecule has 0 saturated carbocycles. The van der Waals surface area contributed by atoms with E-state index in [0.29, 0.717) is 31.7 Å². The van der Waals surface area contributed by atoms with Gasteiger partial charge in [-0.1, -0.05) is 22.9 Å². The van der Waals surface area contributed by atoms with Gasteiger partial charge in [-0.2, -0.15) is 12.7 Å². The lowest BCUT2D eigenvalue weighted by Gasteiger charge is -2.37. The molecule has 0 bridgehead atoms. The second-order valence-corrected chi connectivity index (χ2v) is 10.2. The summed E-state index contributed by atoms with van der Waals surface area (Å²) in [7, 11) is -3.66. The van der Waals surface area contributed by atoms with E-state index in [9.17, 15) is 13.2 Å². The summed E-state index contributed by atoms with van der Waals surface area (Å²) in [6.07, 6.45) is 0.297. The number of anilines is 1. The van der Waals surface area contributed by atoms with Crippen LogP contribution in [0, 0.1) is 0 Å². The standard InChI is InChI=1S/C18H28BrN3O4S/c1-5-10-22(16-8-6-15(19)7-9-16)27(24,25)21-13-11-20(12-14-21)17(23)26-18(2,3)4/h6-9H,5,10-14H2,1-4H3. The Hall–Kier alpha value is -1.32. The maximum atomic E-state index is 13.2. The number of ether oxygens (including phenoxy) is 1. The van der Waals surface area contributed by atoms with E-state index in [2.05, 4.69) is 15.9 Å². The molecule has 0 unspecified atom stereocenters. The maximum absolute atomic E-state index is 13.2. The molecular weight excluding hydrogens is 434 g/mol. The summed E-state index contributed by atoms with van der Waals surface area (Å²) in [5, 5.41) is 0. The van der Waals surface area contributed by atoms with Crippen LogP contribution in [0.15, 0.2) is 28.7 Å². The van der Waals surface area contributed by atoms with Crippen molar-refractivity contribution in [1.29, 1.82) is 0 Å². The third-order valence-corrected chi connectivity index (χ3v) is 6.53. The van der Waals surface area contributed by atoms with E-state index < -0.39 is 21.9 Å². The zero-order valence-corrected chi connectivity index (χ0v) is 18.7. The number of amides is 1. The highest BCUT2D eigenvalue weighted by molar-refractivity contribution is 9.10. The number of hydrogen-bond acceptors (Lipinski definition) is 4. The molecule has 1 aliphatic rings.